The maximum Gasteiger partial charge on any atom is 0.0950 e. The van der Waals surface area contributed by atoms with Gasteiger partial charge in [-0.15, -0.1) is 12.4 Å². The van der Waals surface area contributed by atoms with Crippen LogP contribution < -0.4 is 5.32 Å². The number of rotatable bonds is 3. The summed E-state index contributed by atoms with van der Waals surface area (Å²) in [4.78, 5) is 4.79. The van der Waals surface area contributed by atoms with Crippen molar-refractivity contribution in [2.45, 2.75) is 31.4 Å². The molecule has 3 aromatic rings. The largest absolute Gasteiger partial charge is 0.387 e. The van der Waals surface area contributed by atoms with Crippen LogP contribution in [0.2, 0.25) is 5.02 Å². The van der Waals surface area contributed by atoms with E-state index in [-0.39, 0.29) is 18.4 Å². The summed E-state index contributed by atoms with van der Waals surface area (Å²) in [5.74, 6) is 0. The van der Waals surface area contributed by atoms with Crippen LogP contribution in [0.3, 0.4) is 0 Å². The normalized spacial score (nSPS) is 18.3. The minimum absolute atomic E-state index is 0. The Bertz CT molecular complexity index is 877. The van der Waals surface area contributed by atoms with Crippen LogP contribution in [0.5, 0.6) is 0 Å². The van der Waals surface area contributed by atoms with Gasteiger partial charge in [0.05, 0.1) is 17.3 Å². The maximum absolute atomic E-state index is 11.0. The predicted octanol–water partition coefficient (Wildman–Crippen LogP) is 5.15. The minimum atomic E-state index is -0.542. The second-order valence-corrected chi connectivity index (χ2v) is 7.06. The summed E-state index contributed by atoms with van der Waals surface area (Å²) < 4.78 is 0. The fourth-order valence-electron chi connectivity index (χ4n) is 3.58. The molecule has 2 unspecified atom stereocenters. The Morgan fingerprint density at radius 2 is 1.85 bits per heavy atom. The monoisotopic (exact) mass is 388 g/mol. The van der Waals surface area contributed by atoms with E-state index in [0.717, 1.165) is 47.1 Å². The standard InChI is InChI=1S/C21H21ClN2O.ClH/c22-15-10-8-14(9-11-15)20-13-17(16-5-1-2-6-18(16)24-20)21(25)19-7-3-4-12-23-19;/h1-2,5-6,8-11,13,19,21,23,25H,3-4,7,12H2;1H. The number of benzene rings is 2. The number of pyridine rings is 1. The number of para-hydroxylation sites is 1. The number of fused-ring (bicyclic) bond motifs is 1. The SMILES string of the molecule is Cl.OC(c1cc(-c2ccc(Cl)cc2)nc2ccccc12)C1CCCCN1. The van der Waals surface area contributed by atoms with Crippen molar-refractivity contribution in [1.29, 1.82) is 0 Å². The molecular weight excluding hydrogens is 367 g/mol. The summed E-state index contributed by atoms with van der Waals surface area (Å²) in [5, 5.41) is 16.2. The fraction of sp³-hybridized carbons (Fsp3) is 0.286. The molecule has 3 nitrogen and oxygen atoms in total. The number of halogens is 2. The van der Waals surface area contributed by atoms with Crippen molar-refractivity contribution in [1.82, 2.24) is 10.3 Å². The van der Waals surface area contributed by atoms with Gasteiger partial charge in [0.2, 0.25) is 0 Å². The van der Waals surface area contributed by atoms with Crippen LogP contribution in [0.4, 0.5) is 0 Å². The third kappa shape index (κ3) is 3.86. The lowest BCUT2D eigenvalue weighted by molar-refractivity contribution is 0.115. The first-order chi connectivity index (χ1) is 12.2. The van der Waals surface area contributed by atoms with Crippen molar-refractivity contribution >= 4 is 34.9 Å². The van der Waals surface area contributed by atoms with Gasteiger partial charge in [0.25, 0.3) is 0 Å². The first kappa shape index (κ1) is 19.1. The lowest BCUT2D eigenvalue weighted by Crippen LogP contribution is -2.38. The topological polar surface area (TPSA) is 45.2 Å². The molecule has 2 aromatic carbocycles. The Kier molecular flexibility index (Phi) is 6.15. The number of nitrogens with zero attached hydrogens (tertiary/aromatic N) is 1. The highest BCUT2D eigenvalue weighted by molar-refractivity contribution is 6.30. The summed E-state index contributed by atoms with van der Waals surface area (Å²) in [6.45, 7) is 0.967. The van der Waals surface area contributed by atoms with Gasteiger partial charge in [-0.3, -0.25) is 0 Å². The van der Waals surface area contributed by atoms with Gasteiger partial charge in [0.15, 0.2) is 0 Å². The molecule has 0 radical (unpaired) electrons. The summed E-state index contributed by atoms with van der Waals surface area (Å²) in [5.41, 5.74) is 3.70. The zero-order chi connectivity index (χ0) is 17.2. The molecule has 0 aliphatic carbocycles. The van der Waals surface area contributed by atoms with Crippen LogP contribution in [0.15, 0.2) is 54.6 Å². The van der Waals surface area contributed by atoms with Crippen molar-refractivity contribution in [3.8, 4) is 11.3 Å². The van der Waals surface area contributed by atoms with Crippen LogP contribution in [0.25, 0.3) is 22.2 Å². The third-order valence-electron chi connectivity index (χ3n) is 4.94. The van der Waals surface area contributed by atoms with Gasteiger partial charge >= 0.3 is 0 Å². The van der Waals surface area contributed by atoms with Gasteiger partial charge in [-0.1, -0.05) is 48.4 Å². The summed E-state index contributed by atoms with van der Waals surface area (Å²) >= 11 is 6.01. The molecule has 1 aromatic heterocycles. The van der Waals surface area contributed by atoms with Crippen molar-refractivity contribution in [3.63, 3.8) is 0 Å². The van der Waals surface area contributed by atoms with Crippen LogP contribution in [0.1, 0.15) is 30.9 Å². The molecule has 2 atom stereocenters. The Labute approximate surface area is 164 Å². The van der Waals surface area contributed by atoms with Gasteiger partial charge in [0, 0.05) is 22.0 Å². The molecule has 1 aliphatic rings. The van der Waals surface area contributed by atoms with E-state index >= 15 is 0 Å². The first-order valence-electron chi connectivity index (χ1n) is 8.79. The quantitative estimate of drug-likeness (QED) is 0.651. The zero-order valence-corrected chi connectivity index (χ0v) is 15.9. The molecule has 2 heterocycles. The highest BCUT2D eigenvalue weighted by atomic mass is 35.5. The second-order valence-electron chi connectivity index (χ2n) is 6.62. The van der Waals surface area contributed by atoms with Gasteiger partial charge in [-0.2, -0.15) is 0 Å². The summed E-state index contributed by atoms with van der Waals surface area (Å²) in [6.07, 6.45) is 2.78. The van der Waals surface area contributed by atoms with Gasteiger partial charge in [-0.05, 0) is 49.2 Å². The summed E-state index contributed by atoms with van der Waals surface area (Å²) in [6, 6.07) is 17.8. The number of aliphatic hydroxyl groups excluding tert-OH is 1. The third-order valence-corrected chi connectivity index (χ3v) is 5.19. The van der Waals surface area contributed by atoms with Crippen LogP contribution in [0, 0.1) is 0 Å². The average molecular weight is 389 g/mol. The van der Waals surface area contributed by atoms with Crippen molar-refractivity contribution in [3.05, 3.63) is 65.2 Å². The van der Waals surface area contributed by atoms with Crippen LogP contribution >= 0.6 is 24.0 Å². The fourth-order valence-corrected chi connectivity index (χ4v) is 3.71. The van der Waals surface area contributed by atoms with Crippen LogP contribution in [-0.2, 0) is 0 Å². The molecule has 2 N–H and O–H groups in total. The van der Waals surface area contributed by atoms with E-state index in [1.54, 1.807) is 0 Å². The van der Waals surface area contributed by atoms with Crippen molar-refractivity contribution in [2.75, 3.05) is 6.54 Å². The molecule has 1 fully saturated rings. The van der Waals surface area contributed by atoms with E-state index in [0.29, 0.717) is 5.02 Å². The number of aromatic nitrogens is 1. The Morgan fingerprint density at radius 3 is 2.58 bits per heavy atom. The van der Waals surface area contributed by atoms with E-state index in [1.807, 2.05) is 54.6 Å². The molecule has 5 heteroatoms. The first-order valence-corrected chi connectivity index (χ1v) is 9.17. The Morgan fingerprint density at radius 1 is 1.08 bits per heavy atom. The molecule has 136 valence electrons. The lowest BCUT2D eigenvalue weighted by atomic mass is 9.92. The highest BCUT2D eigenvalue weighted by Crippen LogP contribution is 2.32. The maximum atomic E-state index is 11.0. The van der Waals surface area contributed by atoms with Crippen LogP contribution in [-0.4, -0.2) is 22.7 Å². The van der Waals surface area contributed by atoms with Gasteiger partial charge in [-0.25, -0.2) is 4.98 Å². The molecule has 0 bridgehead atoms. The Balaban J connectivity index is 0.00000196. The molecule has 0 spiro atoms. The van der Waals surface area contributed by atoms with E-state index in [1.165, 1.54) is 6.42 Å². The Hall–Kier alpha value is -1.65. The predicted molar refractivity (Wildman–Crippen MR) is 110 cm³/mol. The smallest absolute Gasteiger partial charge is 0.0950 e. The average Bonchev–Trinajstić information content (AvgIpc) is 2.68. The lowest BCUT2D eigenvalue weighted by Gasteiger charge is -2.29. The molecule has 4 rings (SSSR count). The molecule has 0 amide bonds. The number of hydrogen-bond donors (Lipinski definition) is 2. The number of hydrogen-bond acceptors (Lipinski definition) is 3. The summed E-state index contributed by atoms with van der Waals surface area (Å²) in [7, 11) is 0. The number of nitrogens with one attached hydrogen (secondary N) is 1. The van der Waals surface area contributed by atoms with Gasteiger partial charge in [0.1, 0.15) is 0 Å². The number of piperidine rings is 1. The molecule has 1 aliphatic heterocycles. The number of aliphatic hydroxyl groups is 1. The van der Waals surface area contributed by atoms with E-state index in [4.69, 9.17) is 16.6 Å². The second kappa shape index (κ2) is 8.36. The zero-order valence-electron chi connectivity index (χ0n) is 14.4. The molecule has 1 saturated heterocycles. The van der Waals surface area contributed by atoms with E-state index < -0.39 is 6.10 Å². The highest BCUT2D eigenvalue weighted by Gasteiger charge is 2.25. The molecule has 26 heavy (non-hydrogen) atoms. The minimum Gasteiger partial charge on any atom is -0.387 e. The van der Waals surface area contributed by atoms with E-state index in [2.05, 4.69) is 5.32 Å². The van der Waals surface area contributed by atoms with E-state index in [9.17, 15) is 5.11 Å². The van der Waals surface area contributed by atoms with Crippen molar-refractivity contribution < 1.29 is 5.11 Å². The molecular formula is C21H22Cl2N2O. The van der Waals surface area contributed by atoms with Crippen molar-refractivity contribution in [2.24, 2.45) is 0 Å². The van der Waals surface area contributed by atoms with Gasteiger partial charge < -0.3 is 10.4 Å². The molecule has 0 saturated carbocycles.